The lowest BCUT2D eigenvalue weighted by Crippen LogP contribution is -2.34. The topological polar surface area (TPSA) is 107 Å². The minimum atomic E-state index is -4.53. The Hall–Kier alpha value is -3.63. The molecule has 2 aromatic rings. The van der Waals surface area contributed by atoms with Crippen LogP contribution in [0, 0.1) is 0 Å². The molecule has 0 unspecified atom stereocenters. The Labute approximate surface area is 163 Å². The normalized spacial score (nSPS) is 10.8. The van der Waals surface area contributed by atoms with E-state index in [9.17, 15) is 27.6 Å². The van der Waals surface area contributed by atoms with Crippen molar-refractivity contribution >= 4 is 29.5 Å². The Kier molecular flexibility index (Phi) is 7.12. The molecule has 2 rings (SSSR count). The molecule has 154 valence electrons. The number of hydrogen-bond acceptors (Lipinski definition) is 7. The highest BCUT2D eigenvalue weighted by atomic mass is 19.4. The number of halogens is 3. The highest BCUT2D eigenvalue weighted by Crippen LogP contribution is 2.31. The third kappa shape index (κ3) is 6.48. The van der Waals surface area contributed by atoms with Crippen molar-refractivity contribution in [2.24, 2.45) is 0 Å². The molecule has 0 saturated heterocycles. The van der Waals surface area contributed by atoms with Gasteiger partial charge in [-0.15, -0.1) is 0 Å². The Morgan fingerprint density at radius 3 is 2.55 bits per heavy atom. The number of hydrogen-bond donors (Lipinski definition) is 2. The Bertz CT molecular complexity index is 902. The number of esters is 1. The van der Waals surface area contributed by atoms with Crippen LogP contribution >= 0.6 is 0 Å². The quantitative estimate of drug-likeness (QED) is 0.703. The predicted octanol–water partition coefficient (Wildman–Crippen LogP) is 3.27. The number of pyridine rings is 1. The van der Waals surface area contributed by atoms with Crippen LogP contribution < -0.4 is 10.6 Å². The van der Waals surface area contributed by atoms with Gasteiger partial charge in [-0.3, -0.25) is 10.1 Å². The van der Waals surface area contributed by atoms with Gasteiger partial charge < -0.3 is 14.8 Å². The van der Waals surface area contributed by atoms with E-state index >= 15 is 0 Å². The summed E-state index contributed by atoms with van der Waals surface area (Å²) in [6.07, 6.45) is -4.20. The van der Waals surface area contributed by atoms with E-state index in [1.807, 2.05) is 5.32 Å². The molecule has 0 fully saturated rings. The average molecular weight is 411 g/mol. The number of carbonyl (C=O) groups is 3. The summed E-state index contributed by atoms with van der Waals surface area (Å²) < 4.78 is 47.8. The largest absolute Gasteiger partial charge is 0.452 e. The first-order chi connectivity index (χ1) is 13.7. The fourth-order valence-electron chi connectivity index (χ4n) is 2.11. The smallest absolute Gasteiger partial charge is 0.416 e. The number of ether oxygens (including phenoxy) is 2. The summed E-state index contributed by atoms with van der Waals surface area (Å²) in [5.41, 5.74) is -0.945. The first-order valence-corrected chi connectivity index (χ1v) is 8.23. The molecule has 1 aromatic carbocycles. The van der Waals surface area contributed by atoms with Crippen LogP contribution in [0.15, 0.2) is 42.6 Å². The summed E-state index contributed by atoms with van der Waals surface area (Å²) in [4.78, 5) is 38.8. The summed E-state index contributed by atoms with van der Waals surface area (Å²) in [5, 5.41) is 4.46. The average Bonchev–Trinajstić information content (AvgIpc) is 2.66. The fourth-order valence-corrected chi connectivity index (χ4v) is 2.11. The maximum absolute atomic E-state index is 12.8. The first kappa shape index (κ1) is 21.7. The number of anilines is 2. The molecule has 1 aromatic heterocycles. The van der Waals surface area contributed by atoms with Gasteiger partial charge in [-0.05, 0) is 37.3 Å². The third-order valence-corrected chi connectivity index (χ3v) is 3.33. The molecular formula is C18H16F3N3O5. The molecule has 0 aliphatic carbocycles. The van der Waals surface area contributed by atoms with Crippen LogP contribution in [0.1, 0.15) is 22.8 Å². The van der Waals surface area contributed by atoms with Gasteiger partial charge in [-0.2, -0.15) is 13.2 Å². The summed E-state index contributed by atoms with van der Waals surface area (Å²) in [6.45, 7) is 0.833. The van der Waals surface area contributed by atoms with E-state index in [1.54, 1.807) is 6.92 Å². The van der Waals surface area contributed by atoms with Crippen LogP contribution in [0.4, 0.5) is 29.5 Å². The zero-order chi connectivity index (χ0) is 21.4. The van der Waals surface area contributed by atoms with E-state index in [1.165, 1.54) is 30.5 Å². The monoisotopic (exact) mass is 411 g/mol. The van der Waals surface area contributed by atoms with Gasteiger partial charge in [0, 0.05) is 11.9 Å². The standard InChI is InChI=1S/C18H16F3N3O5/c1-2-28-17(27)24-14(25)10-29-16(26)13-7-4-8-22-15(13)23-12-6-3-5-11(9-12)18(19,20)21/h3-9H,2,10H2,1H3,(H,22,23)(H,24,25,27). The third-order valence-electron chi connectivity index (χ3n) is 3.33. The van der Waals surface area contributed by atoms with Crippen LogP contribution in [-0.4, -0.2) is 36.2 Å². The Balaban J connectivity index is 2.08. The highest BCUT2D eigenvalue weighted by Gasteiger charge is 2.30. The number of alkyl halides is 3. The molecule has 11 heteroatoms. The Morgan fingerprint density at radius 1 is 1.10 bits per heavy atom. The molecule has 0 radical (unpaired) electrons. The molecule has 0 aliphatic rings. The van der Waals surface area contributed by atoms with Crippen molar-refractivity contribution in [1.29, 1.82) is 0 Å². The number of benzene rings is 1. The molecule has 1 heterocycles. The Morgan fingerprint density at radius 2 is 1.86 bits per heavy atom. The maximum Gasteiger partial charge on any atom is 0.416 e. The van der Waals surface area contributed by atoms with Crippen molar-refractivity contribution in [2.75, 3.05) is 18.5 Å². The molecule has 0 aliphatic heterocycles. The van der Waals surface area contributed by atoms with Crippen LogP contribution in [-0.2, 0) is 20.4 Å². The number of imide groups is 1. The molecule has 29 heavy (non-hydrogen) atoms. The van der Waals surface area contributed by atoms with E-state index in [4.69, 9.17) is 4.74 Å². The summed E-state index contributed by atoms with van der Waals surface area (Å²) in [7, 11) is 0. The zero-order valence-corrected chi connectivity index (χ0v) is 15.1. The second-order valence-corrected chi connectivity index (χ2v) is 5.45. The summed E-state index contributed by atoms with van der Waals surface area (Å²) in [5.74, 6) is -1.94. The van der Waals surface area contributed by atoms with E-state index in [0.29, 0.717) is 0 Å². The lowest BCUT2D eigenvalue weighted by Gasteiger charge is -2.12. The van der Waals surface area contributed by atoms with Crippen molar-refractivity contribution in [3.63, 3.8) is 0 Å². The number of alkyl carbamates (subject to hydrolysis) is 1. The first-order valence-electron chi connectivity index (χ1n) is 8.23. The van der Waals surface area contributed by atoms with Crippen LogP contribution in [0.3, 0.4) is 0 Å². The number of amides is 2. The van der Waals surface area contributed by atoms with Gasteiger partial charge in [0.25, 0.3) is 5.91 Å². The second-order valence-electron chi connectivity index (χ2n) is 5.45. The van der Waals surface area contributed by atoms with Crippen LogP contribution in [0.2, 0.25) is 0 Å². The molecule has 0 saturated carbocycles. The van der Waals surface area contributed by atoms with Gasteiger partial charge in [-0.1, -0.05) is 6.07 Å². The molecule has 8 nitrogen and oxygen atoms in total. The maximum atomic E-state index is 12.8. The molecular weight excluding hydrogens is 395 g/mol. The molecule has 2 N–H and O–H groups in total. The number of carbonyl (C=O) groups excluding carboxylic acids is 3. The van der Waals surface area contributed by atoms with Crippen LogP contribution in [0.25, 0.3) is 0 Å². The molecule has 0 spiro atoms. The molecule has 0 atom stereocenters. The minimum absolute atomic E-state index is 0.0487. The van der Waals surface area contributed by atoms with Gasteiger partial charge in [0.05, 0.1) is 12.2 Å². The lowest BCUT2D eigenvalue weighted by molar-refractivity contribution is -0.137. The van der Waals surface area contributed by atoms with Gasteiger partial charge in [0.1, 0.15) is 11.4 Å². The second kappa shape index (κ2) is 9.53. The van der Waals surface area contributed by atoms with Crippen molar-refractivity contribution in [1.82, 2.24) is 10.3 Å². The van der Waals surface area contributed by atoms with Crippen LogP contribution in [0.5, 0.6) is 0 Å². The number of rotatable bonds is 6. The lowest BCUT2D eigenvalue weighted by atomic mass is 10.2. The number of aromatic nitrogens is 1. The zero-order valence-electron chi connectivity index (χ0n) is 15.1. The van der Waals surface area contributed by atoms with Crippen molar-refractivity contribution < 1.29 is 37.0 Å². The van der Waals surface area contributed by atoms with Gasteiger partial charge in [0.2, 0.25) is 0 Å². The van der Waals surface area contributed by atoms with Gasteiger partial charge >= 0.3 is 18.2 Å². The minimum Gasteiger partial charge on any atom is -0.452 e. The van der Waals surface area contributed by atoms with E-state index in [0.717, 1.165) is 12.1 Å². The van der Waals surface area contributed by atoms with Crippen molar-refractivity contribution in [2.45, 2.75) is 13.1 Å². The highest BCUT2D eigenvalue weighted by molar-refractivity contribution is 5.98. The number of nitrogens with one attached hydrogen (secondary N) is 2. The predicted molar refractivity (Wildman–Crippen MR) is 94.4 cm³/mol. The van der Waals surface area contributed by atoms with Gasteiger partial charge in [0.15, 0.2) is 6.61 Å². The fraction of sp³-hybridized carbons (Fsp3) is 0.222. The van der Waals surface area contributed by atoms with E-state index < -0.39 is 36.3 Å². The molecule has 0 bridgehead atoms. The van der Waals surface area contributed by atoms with Gasteiger partial charge in [-0.25, -0.2) is 14.6 Å². The summed E-state index contributed by atoms with van der Waals surface area (Å²) >= 11 is 0. The SMILES string of the molecule is CCOC(=O)NC(=O)COC(=O)c1cccnc1Nc1cccc(C(F)(F)F)c1. The number of nitrogens with zero attached hydrogens (tertiary/aromatic N) is 1. The van der Waals surface area contributed by atoms with Crippen molar-refractivity contribution in [3.8, 4) is 0 Å². The van der Waals surface area contributed by atoms with E-state index in [2.05, 4.69) is 15.0 Å². The van der Waals surface area contributed by atoms with Crippen molar-refractivity contribution in [3.05, 3.63) is 53.7 Å². The summed E-state index contributed by atoms with van der Waals surface area (Å²) in [6, 6.07) is 7.05. The molecule has 2 amide bonds. The van der Waals surface area contributed by atoms with E-state index in [-0.39, 0.29) is 23.7 Å².